The Bertz CT molecular complexity index is 531. The SMILES string of the molecule is CC(C)(C)OC(=O)Nc1ccc2c(c1)C(C)(C)OC2O. The summed E-state index contributed by atoms with van der Waals surface area (Å²) in [6.45, 7) is 9.17. The van der Waals surface area contributed by atoms with Crippen LogP contribution in [-0.2, 0) is 15.1 Å². The van der Waals surface area contributed by atoms with E-state index in [1.807, 2.05) is 34.6 Å². The van der Waals surface area contributed by atoms with Crippen molar-refractivity contribution in [3.63, 3.8) is 0 Å². The summed E-state index contributed by atoms with van der Waals surface area (Å²) in [4.78, 5) is 11.7. The Morgan fingerprint density at radius 3 is 2.65 bits per heavy atom. The first kappa shape index (κ1) is 14.8. The van der Waals surface area contributed by atoms with E-state index in [1.165, 1.54) is 0 Å². The molecule has 0 spiro atoms. The molecule has 5 heteroatoms. The number of aliphatic hydroxyl groups excluding tert-OH is 1. The molecule has 0 saturated heterocycles. The van der Waals surface area contributed by atoms with Crippen molar-refractivity contribution in [1.29, 1.82) is 0 Å². The highest BCUT2D eigenvalue weighted by atomic mass is 16.6. The molecule has 2 N–H and O–H groups in total. The lowest BCUT2D eigenvalue weighted by Gasteiger charge is -2.21. The first-order chi connectivity index (χ1) is 9.08. The standard InChI is InChI=1S/C15H21NO4/c1-14(2,3)20-13(18)16-9-6-7-10-11(8-9)15(4,5)19-12(10)17/h6-8,12,17H,1-5H3,(H,16,18). The molecule has 1 aliphatic rings. The molecule has 1 aromatic rings. The van der Waals surface area contributed by atoms with Crippen LogP contribution in [0.5, 0.6) is 0 Å². The van der Waals surface area contributed by atoms with Crippen LogP contribution in [0.25, 0.3) is 0 Å². The number of aliphatic hydroxyl groups is 1. The number of fused-ring (bicyclic) bond motifs is 1. The second-order valence-electron chi connectivity index (χ2n) is 6.41. The smallest absolute Gasteiger partial charge is 0.412 e. The highest BCUT2D eigenvalue weighted by molar-refractivity contribution is 5.85. The molecule has 0 saturated carbocycles. The van der Waals surface area contributed by atoms with Crippen molar-refractivity contribution in [3.8, 4) is 0 Å². The number of carbonyl (C=O) groups excluding carboxylic acids is 1. The number of anilines is 1. The molecule has 0 fully saturated rings. The number of hydrogen-bond acceptors (Lipinski definition) is 4. The third kappa shape index (κ3) is 3.11. The zero-order valence-corrected chi connectivity index (χ0v) is 12.5. The van der Waals surface area contributed by atoms with Gasteiger partial charge in [-0.1, -0.05) is 6.07 Å². The van der Waals surface area contributed by atoms with Gasteiger partial charge in [0.25, 0.3) is 0 Å². The third-order valence-corrected chi connectivity index (χ3v) is 3.02. The van der Waals surface area contributed by atoms with Crippen LogP contribution in [0.4, 0.5) is 10.5 Å². The van der Waals surface area contributed by atoms with Gasteiger partial charge in [0, 0.05) is 11.3 Å². The zero-order valence-electron chi connectivity index (χ0n) is 12.5. The maximum Gasteiger partial charge on any atom is 0.412 e. The van der Waals surface area contributed by atoms with Crippen molar-refractivity contribution in [3.05, 3.63) is 29.3 Å². The number of rotatable bonds is 1. The van der Waals surface area contributed by atoms with Gasteiger partial charge in [-0.05, 0) is 52.3 Å². The second-order valence-corrected chi connectivity index (χ2v) is 6.41. The van der Waals surface area contributed by atoms with Gasteiger partial charge in [-0.15, -0.1) is 0 Å². The number of ether oxygens (including phenoxy) is 2. The summed E-state index contributed by atoms with van der Waals surface area (Å²) in [6.07, 6.45) is -1.43. The lowest BCUT2D eigenvalue weighted by atomic mass is 9.95. The highest BCUT2D eigenvalue weighted by Crippen LogP contribution is 2.42. The molecule has 1 unspecified atom stereocenters. The summed E-state index contributed by atoms with van der Waals surface area (Å²) in [5.41, 5.74) is 1.08. The fourth-order valence-corrected chi connectivity index (χ4v) is 2.20. The van der Waals surface area contributed by atoms with Crippen LogP contribution < -0.4 is 5.32 Å². The minimum absolute atomic E-state index is 0.505. The number of amides is 1. The van der Waals surface area contributed by atoms with Gasteiger partial charge in [0.05, 0.1) is 5.60 Å². The van der Waals surface area contributed by atoms with Gasteiger partial charge >= 0.3 is 6.09 Å². The van der Waals surface area contributed by atoms with E-state index in [0.717, 1.165) is 11.1 Å². The average molecular weight is 279 g/mol. The highest BCUT2D eigenvalue weighted by Gasteiger charge is 2.37. The van der Waals surface area contributed by atoms with E-state index in [2.05, 4.69) is 5.32 Å². The van der Waals surface area contributed by atoms with Crippen molar-refractivity contribution < 1.29 is 19.4 Å². The van der Waals surface area contributed by atoms with Crippen LogP contribution >= 0.6 is 0 Å². The molecular weight excluding hydrogens is 258 g/mol. The Balaban J connectivity index is 2.19. The van der Waals surface area contributed by atoms with Crippen molar-refractivity contribution in [2.45, 2.75) is 52.1 Å². The summed E-state index contributed by atoms with van der Waals surface area (Å²) in [5, 5.41) is 12.5. The Hall–Kier alpha value is -1.59. The molecule has 1 aliphatic heterocycles. The predicted molar refractivity (Wildman–Crippen MR) is 75.4 cm³/mol. The molecule has 0 aromatic heterocycles. The Kier molecular flexibility index (Phi) is 3.52. The second kappa shape index (κ2) is 4.75. The fourth-order valence-electron chi connectivity index (χ4n) is 2.20. The number of hydrogen-bond donors (Lipinski definition) is 2. The number of carbonyl (C=O) groups is 1. The predicted octanol–water partition coefficient (Wildman–Crippen LogP) is 3.29. The molecule has 110 valence electrons. The summed E-state index contributed by atoms with van der Waals surface area (Å²) in [7, 11) is 0. The molecule has 1 heterocycles. The van der Waals surface area contributed by atoms with Crippen molar-refractivity contribution in [2.24, 2.45) is 0 Å². The zero-order chi connectivity index (χ0) is 15.1. The maximum atomic E-state index is 11.7. The molecule has 5 nitrogen and oxygen atoms in total. The lowest BCUT2D eigenvalue weighted by Crippen LogP contribution is -2.27. The largest absolute Gasteiger partial charge is 0.444 e. The van der Waals surface area contributed by atoms with E-state index in [1.54, 1.807) is 18.2 Å². The normalized spacial score (nSPS) is 20.4. The monoisotopic (exact) mass is 279 g/mol. The van der Waals surface area contributed by atoms with E-state index in [-0.39, 0.29) is 0 Å². The van der Waals surface area contributed by atoms with E-state index in [9.17, 15) is 9.90 Å². The summed E-state index contributed by atoms with van der Waals surface area (Å²) in [6, 6.07) is 5.27. The molecule has 20 heavy (non-hydrogen) atoms. The topological polar surface area (TPSA) is 67.8 Å². The fraction of sp³-hybridized carbons (Fsp3) is 0.533. The van der Waals surface area contributed by atoms with Gasteiger partial charge in [-0.3, -0.25) is 5.32 Å². The van der Waals surface area contributed by atoms with Gasteiger partial charge in [0.1, 0.15) is 5.60 Å². The van der Waals surface area contributed by atoms with Crippen molar-refractivity contribution in [1.82, 2.24) is 0 Å². The molecule has 1 aromatic carbocycles. The van der Waals surface area contributed by atoms with Gasteiger partial charge in [-0.2, -0.15) is 0 Å². The van der Waals surface area contributed by atoms with Crippen molar-refractivity contribution >= 4 is 11.8 Å². The van der Waals surface area contributed by atoms with Crippen LogP contribution in [0, 0.1) is 0 Å². The number of benzene rings is 1. The first-order valence-electron chi connectivity index (χ1n) is 6.59. The molecule has 2 rings (SSSR count). The molecular formula is C15H21NO4. The van der Waals surface area contributed by atoms with Crippen LogP contribution in [0.1, 0.15) is 52.0 Å². The summed E-state index contributed by atoms with van der Waals surface area (Å²) < 4.78 is 10.7. The summed E-state index contributed by atoms with van der Waals surface area (Å²) in [5.74, 6) is 0. The van der Waals surface area contributed by atoms with E-state index in [0.29, 0.717) is 5.69 Å². The molecule has 1 amide bonds. The van der Waals surface area contributed by atoms with Crippen LogP contribution in [-0.4, -0.2) is 16.8 Å². The quantitative estimate of drug-likeness (QED) is 0.827. The van der Waals surface area contributed by atoms with Gasteiger partial charge in [-0.25, -0.2) is 4.79 Å². The van der Waals surface area contributed by atoms with E-state index >= 15 is 0 Å². The van der Waals surface area contributed by atoms with Gasteiger partial charge in [0.2, 0.25) is 0 Å². The molecule has 0 radical (unpaired) electrons. The maximum absolute atomic E-state index is 11.7. The first-order valence-corrected chi connectivity index (χ1v) is 6.59. The van der Waals surface area contributed by atoms with Crippen LogP contribution in [0.3, 0.4) is 0 Å². The van der Waals surface area contributed by atoms with E-state index in [4.69, 9.17) is 9.47 Å². The van der Waals surface area contributed by atoms with Gasteiger partial charge < -0.3 is 14.6 Å². The molecule has 0 bridgehead atoms. The van der Waals surface area contributed by atoms with Crippen LogP contribution in [0.2, 0.25) is 0 Å². The Morgan fingerprint density at radius 2 is 2.05 bits per heavy atom. The van der Waals surface area contributed by atoms with Gasteiger partial charge in [0.15, 0.2) is 6.29 Å². The lowest BCUT2D eigenvalue weighted by molar-refractivity contribution is -0.157. The van der Waals surface area contributed by atoms with Crippen LogP contribution in [0.15, 0.2) is 18.2 Å². The average Bonchev–Trinajstić information content (AvgIpc) is 2.46. The summed E-state index contributed by atoms with van der Waals surface area (Å²) >= 11 is 0. The Morgan fingerprint density at radius 1 is 1.40 bits per heavy atom. The number of nitrogens with one attached hydrogen (secondary N) is 1. The Labute approximate surface area is 118 Å². The van der Waals surface area contributed by atoms with E-state index < -0.39 is 23.6 Å². The van der Waals surface area contributed by atoms with Crippen molar-refractivity contribution in [2.75, 3.05) is 5.32 Å². The third-order valence-electron chi connectivity index (χ3n) is 3.02. The molecule has 0 aliphatic carbocycles. The molecule has 1 atom stereocenters. The minimum atomic E-state index is -0.921. The minimum Gasteiger partial charge on any atom is -0.444 e.